The van der Waals surface area contributed by atoms with Crippen LogP contribution >= 0.6 is 11.3 Å². The van der Waals surface area contributed by atoms with Gasteiger partial charge in [0.05, 0.1) is 15.8 Å². The molecule has 0 bridgehead atoms. The second-order valence-electron chi connectivity index (χ2n) is 6.24. The highest BCUT2D eigenvalue weighted by atomic mass is 32.1. The molecule has 0 aliphatic carbocycles. The molecule has 140 valence electrons. The van der Waals surface area contributed by atoms with Crippen molar-refractivity contribution in [3.8, 4) is 16.3 Å². The Hall–Kier alpha value is -3.84. The van der Waals surface area contributed by atoms with Gasteiger partial charge in [-0.2, -0.15) is 0 Å². The lowest BCUT2D eigenvalue weighted by Crippen LogP contribution is -2.10. The minimum Gasteiger partial charge on any atom is -0.422 e. The fraction of sp³-hybridized carbons (Fsp3) is 0. The Labute approximate surface area is 168 Å². The Morgan fingerprint density at radius 1 is 1.00 bits per heavy atom. The van der Waals surface area contributed by atoms with E-state index in [2.05, 4.69) is 9.97 Å². The Bertz CT molecular complexity index is 1390. The van der Waals surface area contributed by atoms with Crippen molar-refractivity contribution in [2.24, 2.45) is 0 Å². The highest BCUT2D eigenvalue weighted by Gasteiger charge is 2.14. The molecule has 5 rings (SSSR count). The van der Waals surface area contributed by atoms with Crippen molar-refractivity contribution in [2.75, 3.05) is 0 Å². The number of ether oxygens (including phenoxy) is 1. The van der Waals surface area contributed by atoms with E-state index in [1.165, 1.54) is 23.6 Å². The SMILES string of the molecule is O=C(Oc1ccc2cc(-c3nc4ccccc4s3)c(=O)oc2c1)c1ccccn1. The molecule has 0 amide bonds. The average Bonchev–Trinajstić information content (AvgIpc) is 3.18. The smallest absolute Gasteiger partial charge is 0.362 e. The summed E-state index contributed by atoms with van der Waals surface area (Å²) in [5.74, 6) is -0.317. The van der Waals surface area contributed by atoms with Crippen LogP contribution in [0, 0.1) is 0 Å². The first-order valence-electron chi connectivity index (χ1n) is 8.74. The van der Waals surface area contributed by atoms with Crippen molar-refractivity contribution < 1.29 is 13.9 Å². The number of benzene rings is 2. The zero-order chi connectivity index (χ0) is 19.8. The molecule has 0 unspecified atom stereocenters. The van der Waals surface area contributed by atoms with Crippen LogP contribution in [-0.2, 0) is 0 Å². The van der Waals surface area contributed by atoms with Crippen LogP contribution in [0.1, 0.15) is 10.5 Å². The fourth-order valence-corrected chi connectivity index (χ4v) is 3.90. The fourth-order valence-electron chi connectivity index (χ4n) is 2.93. The minimum atomic E-state index is -0.585. The van der Waals surface area contributed by atoms with E-state index in [0.717, 1.165) is 10.2 Å². The van der Waals surface area contributed by atoms with E-state index < -0.39 is 11.6 Å². The molecule has 3 aromatic heterocycles. The van der Waals surface area contributed by atoms with Gasteiger partial charge in [-0.3, -0.25) is 0 Å². The lowest BCUT2D eigenvalue weighted by Gasteiger charge is -2.05. The summed E-state index contributed by atoms with van der Waals surface area (Å²) >= 11 is 1.43. The predicted molar refractivity (Wildman–Crippen MR) is 110 cm³/mol. The van der Waals surface area contributed by atoms with Crippen LogP contribution in [0.25, 0.3) is 31.8 Å². The van der Waals surface area contributed by atoms with E-state index in [-0.39, 0.29) is 11.4 Å². The second-order valence-corrected chi connectivity index (χ2v) is 7.27. The van der Waals surface area contributed by atoms with Gasteiger partial charge in [0.1, 0.15) is 22.0 Å². The summed E-state index contributed by atoms with van der Waals surface area (Å²) in [4.78, 5) is 33.2. The Balaban J connectivity index is 1.51. The monoisotopic (exact) mass is 400 g/mol. The quantitative estimate of drug-likeness (QED) is 0.248. The maximum Gasteiger partial charge on any atom is 0.362 e. The lowest BCUT2D eigenvalue weighted by molar-refractivity contribution is 0.0729. The van der Waals surface area contributed by atoms with Crippen molar-refractivity contribution in [2.45, 2.75) is 0 Å². The molecule has 0 aliphatic rings. The molecule has 0 N–H and O–H groups in total. The summed E-state index contributed by atoms with van der Waals surface area (Å²) in [6.45, 7) is 0. The summed E-state index contributed by atoms with van der Waals surface area (Å²) in [5, 5.41) is 1.31. The number of hydrogen-bond donors (Lipinski definition) is 0. The molecule has 0 radical (unpaired) electrons. The topological polar surface area (TPSA) is 82.3 Å². The molecular formula is C22H12N2O4S. The first-order chi connectivity index (χ1) is 14.2. The minimum absolute atomic E-state index is 0.195. The van der Waals surface area contributed by atoms with Crippen LogP contribution in [0.5, 0.6) is 5.75 Å². The first-order valence-corrected chi connectivity index (χ1v) is 9.56. The van der Waals surface area contributed by atoms with E-state index in [9.17, 15) is 9.59 Å². The number of thiazole rings is 1. The molecule has 0 aliphatic heterocycles. The molecule has 2 aromatic carbocycles. The lowest BCUT2D eigenvalue weighted by atomic mass is 10.2. The molecule has 5 aromatic rings. The Kier molecular flexibility index (Phi) is 4.14. The molecule has 0 saturated heterocycles. The third kappa shape index (κ3) is 3.28. The first kappa shape index (κ1) is 17.3. The van der Waals surface area contributed by atoms with Gasteiger partial charge in [-0.1, -0.05) is 18.2 Å². The van der Waals surface area contributed by atoms with Gasteiger partial charge in [-0.25, -0.2) is 19.6 Å². The largest absolute Gasteiger partial charge is 0.422 e. The van der Waals surface area contributed by atoms with Gasteiger partial charge < -0.3 is 9.15 Å². The highest BCUT2D eigenvalue weighted by molar-refractivity contribution is 7.21. The van der Waals surface area contributed by atoms with Gasteiger partial charge >= 0.3 is 11.6 Å². The number of fused-ring (bicyclic) bond motifs is 2. The van der Waals surface area contributed by atoms with Gasteiger partial charge in [-0.05, 0) is 42.5 Å². The molecular weight excluding hydrogens is 388 g/mol. The average molecular weight is 400 g/mol. The Morgan fingerprint density at radius 2 is 1.86 bits per heavy atom. The van der Waals surface area contributed by atoms with E-state index in [4.69, 9.17) is 9.15 Å². The molecule has 6 nitrogen and oxygen atoms in total. The Morgan fingerprint density at radius 3 is 2.69 bits per heavy atom. The summed E-state index contributed by atoms with van der Waals surface area (Å²) in [6, 6.07) is 19.3. The summed E-state index contributed by atoms with van der Waals surface area (Å²) < 4.78 is 11.8. The van der Waals surface area contributed by atoms with Crippen molar-refractivity contribution in [3.63, 3.8) is 0 Å². The molecule has 0 spiro atoms. The van der Waals surface area contributed by atoms with E-state index in [0.29, 0.717) is 21.5 Å². The van der Waals surface area contributed by atoms with Crippen LogP contribution in [-0.4, -0.2) is 15.9 Å². The van der Waals surface area contributed by atoms with Crippen molar-refractivity contribution in [1.29, 1.82) is 0 Å². The van der Waals surface area contributed by atoms with Gasteiger partial charge in [-0.15, -0.1) is 11.3 Å². The highest BCUT2D eigenvalue weighted by Crippen LogP contribution is 2.30. The van der Waals surface area contributed by atoms with Crippen LogP contribution in [0.3, 0.4) is 0 Å². The maximum atomic E-state index is 12.5. The third-order valence-corrected chi connectivity index (χ3v) is 5.39. The predicted octanol–water partition coefficient (Wildman–Crippen LogP) is 4.68. The van der Waals surface area contributed by atoms with E-state index in [1.54, 1.807) is 36.4 Å². The number of rotatable bonds is 3. The number of aromatic nitrogens is 2. The van der Waals surface area contributed by atoms with Crippen LogP contribution in [0.4, 0.5) is 0 Å². The van der Waals surface area contributed by atoms with Crippen molar-refractivity contribution >= 4 is 38.5 Å². The number of esters is 1. The molecule has 0 atom stereocenters. The zero-order valence-electron chi connectivity index (χ0n) is 14.9. The van der Waals surface area contributed by atoms with E-state index >= 15 is 0 Å². The molecule has 7 heteroatoms. The standard InChI is InChI=1S/C22H12N2O4S/c25-21-15(20-24-16-5-1-2-7-19(16)29-20)11-13-8-9-14(12-18(13)28-21)27-22(26)17-6-3-4-10-23-17/h1-12H. The number of nitrogens with zero attached hydrogens (tertiary/aromatic N) is 2. The second kappa shape index (κ2) is 6.96. The molecule has 0 saturated carbocycles. The molecule has 3 heterocycles. The summed E-state index contributed by atoms with van der Waals surface area (Å²) in [5.41, 5.74) is 1.26. The van der Waals surface area contributed by atoms with Gasteiger partial charge in [0.25, 0.3) is 0 Å². The normalized spacial score (nSPS) is 11.0. The summed E-state index contributed by atoms with van der Waals surface area (Å²) in [6.07, 6.45) is 1.51. The zero-order valence-corrected chi connectivity index (χ0v) is 15.7. The number of hydrogen-bond acceptors (Lipinski definition) is 7. The van der Waals surface area contributed by atoms with Crippen molar-refractivity contribution in [1.82, 2.24) is 9.97 Å². The van der Waals surface area contributed by atoms with Crippen LogP contribution in [0.2, 0.25) is 0 Å². The number of pyridine rings is 1. The van der Waals surface area contributed by atoms with Gasteiger partial charge in [0.15, 0.2) is 0 Å². The number of para-hydroxylation sites is 1. The van der Waals surface area contributed by atoms with Crippen LogP contribution < -0.4 is 10.4 Å². The summed E-state index contributed by atoms with van der Waals surface area (Å²) in [7, 11) is 0. The maximum absolute atomic E-state index is 12.5. The molecule has 0 fully saturated rings. The molecule has 29 heavy (non-hydrogen) atoms. The van der Waals surface area contributed by atoms with Crippen LogP contribution in [0.15, 0.2) is 82.1 Å². The number of carbonyl (C=O) groups excluding carboxylic acids is 1. The van der Waals surface area contributed by atoms with Crippen molar-refractivity contribution in [3.05, 3.63) is 89.0 Å². The van der Waals surface area contributed by atoms with Gasteiger partial charge in [0, 0.05) is 17.6 Å². The number of carbonyl (C=O) groups is 1. The third-order valence-electron chi connectivity index (χ3n) is 4.32. The van der Waals surface area contributed by atoms with E-state index in [1.807, 2.05) is 24.3 Å². The van der Waals surface area contributed by atoms with Gasteiger partial charge in [0.2, 0.25) is 0 Å².